The number of rotatable bonds is 7. The van der Waals surface area contributed by atoms with Crippen LogP contribution in [-0.4, -0.2) is 30.5 Å². The average Bonchev–Trinajstić information content (AvgIpc) is 2.93. The average molecular weight is 331 g/mol. The Hall–Kier alpha value is -1.46. The Labute approximate surface area is 141 Å². The molecule has 1 aromatic carbocycles. The summed E-state index contributed by atoms with van der Waals surface area (Å²) in [7, 11) is 0. The van der Waals surface area contributed by atoms with Crippen molar-refractivity contribution >= 4 is 27.5 Å². The number of hydrogen-bond donors (Lipinski definition) is 2. The highest BCUT2D eigenvalue weighted by Gasteiger charge is 2.36. The first-order chi connectivity index (χ1) is 11.2. The molecule has 1 aliphatic heterocycles. The van der Waals surface area contributed by atoms with Gasteiger partial charge in [-0.15, -0.1) is 11.3 Å². The van der Waals surface area contributed by atoms with E-state index in [2.05, 4.69) is 30.5 Å². The molecule has 1 aliphatic rings. The van der Waals surface area contributed by atoms with E-state index in [1.165, 1.54) is 4.70 Å². The zero-order chi connectivity index (χ0) is 16.3. The fourth-order valence-electron chi connectivity index (χ4n) is 3.10. The third kappa shape index (κ3) is 3.40. The Morgan fingerprint density at radius 2 is 2.09 bits per heavy atom. The van der Waals surface area contributed by atoms with E-state index < -0.39 is 0 Å². The Balaban J connectivity index is 1.74. The predicted molar refractivity (Wildman–Crippen MR) is 95.7 cm³/mol. The normalized spacial score (nSPS) is 15.6. The molecule has 124 valence electrons. The van der Waals surface area contributed by atoms with Gasteiger partial charge in [0.2, 0.25) is 5.91 Å². The van der Waals surface area contributed by atoms with E-state index in [0.29, 0.717) is 5.92 Å². The third-order valence-corrected chi connectivity index (χ3v) is 6.12. The first-order valence-corrected chi connectivity index (χ1v) is 9.32. The number of benzene rings is 1. The molecule has 0 bridgehead atoms. The zero-order valence-corrected chi connectivity index (χ0v) is 14.7. The van der Waals surface area contributed by atoms with Crippen LogP contribution in [0.4, 0.5) is 0 Å². The number of nitrogens with zero attached hydrogens (tertiary/aromatic N) is 1. The van der Waals surface area contributed by atoms with Gasteiger partial charge < -0.3 is 10.6 Å². The molecule has 0 atom stereocenters. The minimum absolute atomic E-state index is 0.189. The first-order valence-electron chi connectivity index (χ1n) is 8.50. The van der Waals surface area contributed by atoms with Gasteiger partial charge in [0.1, 0.15) is 0 Å². The molecule has 0 aliphatic carbocycles. The highest BCUT2D eigenvalue weighted by Crippen LogP contribution is 2.34. The second-order valence-corrected chi connectivity index (χ2v) is 7.59. The van der Waals surface area contributed by atoms with Crippen LogP contribution < -0.4 is 10.6 Å². The number of para-hydroxylation sites is 1. The Morgan fingerprint density at radius 3 is 2.70 bits per heavy atom. The first kappa shape index (κ1) is 16.4. The van der Waals surface area contributed by atoms with Gasteiger partial charge in [-0.2, -0.15) is 0 Å². The quantitative estimate of drug-likeness (QED) is 0.820. The number of carbonyl (C=O) groups is 1. The lowest BCUT2D eigenvalue weighted by Gasteiger charge is -2.32. The second kappa shape index (κ2) is 6.97. The summed E-state index contributed by atoms with van der Waals surface area (Å²) in [6.45, 7) is 7.04. The zero-order valence-electron chi connectivity index (χ0n) is 13.9. The van der Waals surface area contributed by atoms with Gasteiger partial charge in [-0.1, -0.05) is 26.0 Å². The lowest BCUT2D eigenvalue weighted by Crippen LogP contribution is -2.51. The number of aromatic nitrogens is 1. The topological polar surface area (TPSA) is 54.0 Å². The van der Waals surface area contributed by atoms with E-state index in [1.54, 1.807) is 11.3 Å². The Morgan fingerprint density at radius 1 is 1.35 bits per heavy atom. The van der Waals surface area contributed by atoms with Crippen molar-refractivity contribution in [2.45, 2.75) is 33.1 Å². The fraction of sp³-hybridized carbons (Fsp3) is 0.556. The van der Waals surface area contributed by atoms with Crippen molar-refractivity contribution in [3.8, 4) is 0 Å². The molecule has 3 rings (SSSR count). The van der Waals surface area contributed by atoms with Crippen molar-refractivity contribution in [1.29, 1.82) is 0 Å². The Bertz CT molecular complexity index is 641. The minimum atomic E-state index is -0.342. The van der Waals surface area contributed by atoms with Gasteiger partial charge in [0.25, 0.3) is 0 Å². The molecule has 0 radical (unpaired) electrons. The summed E-state index contributed by atoms with van der Waals surface area (Å²) in [5, 5.41) is 7.49. The number of thiazole rings is 1. The Kier molecular flexibility index (Phi) is 4.97. The van der Waals surface area contributed by atoms with Crippen molar-refractivity contribution in [3.05, 3.63) is 29.3 Å². The summed E-state index contributed by atoms with van der Waals surface area (Å²) in [6, 6.07) is 8.19. The summed E-state index contributed by atoms with van der Waals surface area (Å²) >= 11 is 1.71. The SMILES string of the molecule is CCC(CC)(Cc1nc2ccccc2s1)C(=O)NCC1CNC1. The van der Waals surface area contributed by atoms with Gasteiger partial charge in [0, 0.05) is 32.0 Å². The maximum Gasteiger partial charge on any atom is 0.226 e. The molecule has 2 aromatic rings. The smallest absolute Gasteiger partial charge is 0.226 e. The molecule has 0 unspecified atom stereocenters. The van der Waals surface area contributed by atoms with Crippen molar-refractivity contribution < 1.29 is 4.79 Å². The van der Waals surface area contributed by atoms with Crippen LogP contribution in [0.5, 0.6) is 0 Å². The van der Waals surface area contributed by atoms with Crippen molar-refractivity contribution in [1.82, 2.24) is 15.6 Å². The van der Waals surface area contributed by atoms with Crippen LogP contribution in [0, 0.1) is 11.3 Å². The van der Waals surface area contributed by atoms with Gasteiger partial charge in [-0.3, -0.25) is 4.79 Å². The van der Waals surface area contributed by atoms with Crippen LogP contribution in [0.1, 0.15) is 31.7 Å². The number of amides is 1. The fourth-order valence-corrected chi connectivity index (χ4v) is 4.21. The van der Waals surface area contributed by atoms with E-state index in [9.17, 15) is 4.79 Å². The van der Waals surface area contributed by atoms with Crippen LogP contribution in [0.15, 0.2) is 24.3 Å². The molecule has 2 N–H and O–H groups in total. The number of carbonyl (C=O) groups excluding carboxylic acids is 1. The molecular weight excluding hydrogens is 306 g/mol. The monoisotopic (exact) mass is 331 g/mol. The highest BCUT2D eigenvalue weighted by molar-refractivity contribution is 7.18. The molecule has 4 nitrogen and oxygen atoms in total. The van der Waals surface area contributed by atoms with E-state index in [4.69, 9.17) is 4.98 Å². The van der Waals surface area contributed by atoms with Gasteiger partial charge >= 0.3 is 0 Å². The highest BCUT2D eigenvalue weighted by atomic mass is 32.1. The lowest BCUT2D eigenvalue weighted by molar-refractivity contribution is -0.131. The van der Waals surface area contributed by atoms with Gasteiger partial charge in [0.05, 0.1) is 20.6 Å². The molecule has 1 aromatic heterocycles. The third-order valence-electron chi connectivity index (χ3n) is 5.08. The molecule has 0 saturated carbocycles. The standard InChI is InChI=1S/C18H25N3OS/c1-3-18(4-2,17(22)20-12-13-10-19-11-13)9-16-21-14-7-5-6-8-15(14)23-16/h5-8,13,19H,3-4,9-12H2,1-2H3,(H,20,22). The molecule has 5 heteroatoms. The van der Waals surface area contributed by atoms with E-state index in [-0.39, 0.29) is 11.3 Å². The lowest BCUT2D eigenvalue weighted by atomic mass is 9.78. The summed E-state index contributed by atoms with van der Waals surface area (Å²) in [6.07, 6.45) is 2.41. The van der Waals surface area contributed by atoms with E-state index in [0.717, 1.165) is 49.4 Å². The van der Waals surface area contributed by atoms with Crippen LogP contribution in [0.2, 0.25) is 0 Å². The molecule has 1 saturated heterocycles. The van der Waals surface area contributed by atoms with Crippen LogP contribution in [-0.2, 0) is 11.2 Å². The summed E-state index contributed by atoms with van der Waals surface area (Å²) in [5.74, 6) is 0.779. The number of fused-ring (bicyclic) bond motifs is 1. The molecule has 2 heterocycles. The van der Waals surface area contributed by atoms with Gasteiger partial charge in [0.15, 0.2) is 0 Å². The van der Waals surface area contributed by atoms with E-state index in [1.807, 2.05) is 18.2 Å². The summed E-state index contributed by atoms with van der Waals surface area (Å²) in [5.41, 5.74) is 0.694. The molecule has 0 spiro atoms. The van der Waals surface area contributed by atoms with Crippen molar-refractivity contribution in [3.63, 3.8) is 0 Å². The number of hydrogen-bond acceptors (Lipinski definition) is 4. The molecule has 1 fully saturated rings. The second-order valence-electron chi connectivity index (χ2n) is 6.47. The van der Waals surface area contributed by atoms with Crippen molar-refractivity contribution in [2.24, 2.45) is 11.3 Å². The maximum atomic E-state index is 12.8. The van der Waals surface area contributed by atoms with Crippen LogP contribution in [0.25, 0.3) is 10.2 Å². The summed E-state index contributed by atoms with van der Waals surface area (Å²) < 4.78 is 1.20. The van der Waals surface area contributed by atoms with Gasteiger partial charge in [-0.25, -0.2) is 4.98 Å². The van der Waals surface area contributed by atoms with Crippen LogP contribution in [0.3, 0.4) is 0 Å². The van der Waals surface area contributed by atoms with Gasteiger partial charge in [-0.05, 0) is 25.0 Å². The van der Waals surface area contributed by atoms with E-state index >= 15 is 0 Å². The molecule has 23 heavy (non-hydrogen) atoms. The maximum absolute atomic E-state index is 12.8. The summed E-state index contributed by atoms with van der Waals surface area (Å²) in [4.78, 5) is 17.6. The molecule has 1 amide bonds. The van der Waals surface area contributed by atoms with Crippen molar-refractivity contribution in [2.75, 3.05) is 19.6 Å². The minimum Gasteiger partial charge on any atom is -0.355 e. The predicted octanol–water partition coefficient (Wildman–Crippen LogP) is 2.98. The van der Waals surface area contributed by atoms with Crippen LogP contribution >= 0.6 is 11.3 Å². The number of nitrogens with one attached hydrogen (secondary N) is 2. The largest absolute Gasteiger partial charge is 0.355 e. The molecular formula is C18H25N3OS.